The normalized spacial score (nSPS) is 17.2. The van der Waals surface area contributed by atoms with Crippen LogP contribution in [0.3, 0.4) is 0 Å². The molecule has 3 rings (SSSR count). The number of nitrogens with zero attached hydrogens (tertiary/aromatic N) is 3. The maximum Gasteiger partial charge on any atom is 0.249 e. The van der Waals surface area contributed by atoms with Gasteiger partial charge < -0.3 is 15.2 Å². The standard InChI is InChI=1S/C19H27N5O/c1-2-3-4-5-7-14-9-11-15(12-10-14)17-22-18(25-23-17)16-8-6-13-24(16)19(20)21/h9-12,16H,2-8,13H2,1H3,(H3,20,21)/t16-/m0/s1. The van der Waals surface area contributed by atoms with Crippen molar-refractivity contribution < 1.29 is 4.52 Å². The minimum absolute atomic E-state index is 0.0645. The second-order valence-corrected chi connectivity index (χ2v) is 6.70. The summed E-state index contributed by atoms with van der Waals surface area (Å²) in [7, 11) is 0. The van der Waals surface area contributed by atoms with Gasteiger partial charge in [0, 0.05) is 12.1 Å². The zero-order chi connectivity index (χ0) is 17.6. The summed E-state index contributed by atoms with van der Waals surface area (Å²) >= 11 is 0. The highest BCUT2D eigenvalue weighted by Crippen LogP contribution is 2.31. The topological polar surface area (TPSA) is 92.0 Å². The van der Waals surface area contributed by atoms with Crippen LogP contribution >= 0.6 is 0 Å². The van der Waals surface area contributed by atoms with E-state index in [-0.39, 0.29) is 12.0 Å². The number of guanidine groups is 1. The van der Waals surface area contributed by atoms with E-state index >= 15 is 0 Å². The molecule has 134 valence electrons. The van der Waals surface area contributed by atoms with Crippen LogP contribution in [-0.2, 0) is 6.42 Å². The average Bonchev–Trinajstić information content (AvgIpc) is 3.28. The lowest BCUT2D eigenvalue weighted by Gasteiger charge is -2.21. The van der Waals surface area contributed by atoms with Crippen LogP contribution in [-0.4, -0.2) is 27.5 Å². The molecule has 0 bridgehead atoms. The first-order valence-corrected chi connectivity index (χ1v) is 9.22. The number of aryl methyl sites for hydroxylation is 1. The third kappa shape index (κ3) is 4.18. The molecule has 0 amide bonds. The highest BCUT2D eigenvalue weighted by Gasteiger charge is 2.31. The van der Waals surface area contributed by atoms with Crippen molar-refractivity contribution in [3.63, 3.8) is 0 Å². The fourth-order valence-electron chi connectivity index (χ4n) is 3.38. The highest BCUT2D eigenvalue weighted by atomic mass is 16.5. The Balaban J connectivity index is 1.65. The smallest absolute Gasteiger partial charge is 0.249 e. The number of nitrogens with one attached hydrogen (secondary N) is 1. The van der Waals surface area contributed by atoms with Crippen LogP contribution in [0.15, 0.2) is 28.8 Å². The average molecular weight is 341 g/mol. The lowest BCUT2D eigenvalue weighted by atomic mass is 10.0. The number of benzene rings is 1. The van der Waals surface area contributed by atoms with Gasteiger partial charge in [-0.15, -0.1) is 0 Å². The minimum Gasteiger partial charge on any atom is -0.370 e. The summed E-state index contributed by atoms with van der Waals surface area (Å²) in [5, 5.41) is 11.8. The van der Waals surface area contributed by atoms with Gasteiger partial charge in [-0.3, -0.25) is 5.41 Å². The summed E-state index contributed by atoms with van der Waals surface area (Å²) in [5.41, 5.74) is 7.95. The first-order chi connectivity index (χ1) is 12.2. The van der Waals surface area contributed by atoms with E-state index in [1.165, 1.54) is 31.2 Å². The van der Waals surface area contributed by atoms with Crippen molar-refractivity contribution in [3.05, 3.63) is 35.7 Å². The Morgan fingerprint density at radius 3 is 2.80 bits per heavy atom. The van der Waals surface area contributed by atoms with Crippen molar-refractivity contribution in [2.24, 2.45) is 5.73 Å². The molecule has 0 radical (unpaired) electrons. The Kier molecular flexibility index (Phi) is 5.68. The molecule has 1 fully saturated rings. The van der Waals surface area contributed by atoms with E-state index in [1.807, 2.05) is 4.90 Å². The Morgan fingerprint density at radius 2 is 2.08 bits per heavy atom. The summed E-state index contributed by atoms with van der Waals surface area (Å²) in [6.45, 7) is 3.00. The zero-order valence-electron chi connectivity index (χ0n) is 14.9. The van der Waals surface area contributed by atoms with Gasteiger partial charge in [-0.05, 0) is 31.2 Å². The lowest BCUT2D eigenvalue weighted by Crippen LogP contribution is -2.35. The number of rotatable bonds is 7. The quantitative estimate of drug-likeness (QED) is 0.453. The van der Waals surface area contributed by atoms with Gasteiger partial charge in [0.15, 0.2) is 5.96 Å². The van der Waals surface area contributed by atoms with Crippen molar-refractivity contribution in [1.29, 1.82) is 5.41 Å². The molecule has 0 aliphatic carbocycles. The van der Waals surface area contributed by atoms with Gasteiger partial charge in [-0.1, -0.05) is 55.6 Å². The molecule has 1 aromatic heterocycles. The summed E-state index contributed by atoms with van der Waals surface area (Å²) in [5.74, 6) is 1.21. The van der Waals surface area contributed by atoms with Crippen molar-refractivity contribution in [1.82, 2.24) is 15.0 Å². The Bertz CT molecular complexity index is 694. The van der Waals surface area contributed by atoms with Crippen LogP contribution < -0.4 is 5.73 Å². The first kappa shape index (κ1) is 17.5. The van der Waals surface area contributed by atoms with Crippen molar-refractivity contribution in [3.8, 4) is 11.4 Å². The molecule has 0 saturated carbocycles. The van der Waals surface area contributed by atoms with E-state index in [0.717, 1.165) is 31.4 Å². The molecular formula is C19H27N5O. The van der Waals surface area contributed by atoms with Gasteiger partial charge in [-0.2, -0.15) is 4.98 Å². The van der Waals surface area contributed by atoms with Crippen molar-refractivity contribution >= 4 is 5.96 Å². The Morgan fingerprint density at radius 1 is 1.28 bits per heavy atom. The van der Waals surface area contributed by atoms with Gasteiger partial charge >= 0.3 is 0 Å². The summed E-state index contributed by atoms with van der Waals surface area (Å²) in [4.78, 5) is 6.36. The maximum absolute atomic E-state index is 7.66. The third-order valence-corrected chi connectivity index (χ3v) is 4.82. The minimum atomic E-state index is -0.0726. The lowest BCUT2D eigenvalue weighted by molar-refractivity contribution is 0.283. The van der Waals surface area contributed by atoms with Crippen LogP contribution in [0.5, 0.6) is 0 Å². The molecule has 2 heterocycles. The summed E-state index contributed by atoms with van der Waals surface area (Å²) in [6, 6.07) is 8.34. The molecule has 1 aromatic carbocycles. The van der Waals surface area contributed by atoms with E-state index in [2.05, 4.69) is 41.3 Å². The van der Waals surface area contributed by atoms with E-state index in [4.69, 9.17) is 15.7 Å². The van der Waals surface area contributed by atoms with Crippen LogP contribution in [0.2, 0.25) is 0 Å². The predicted octanol–water partition coefficient (Wildman–Crippen LogP) is 3.89. The fraction of sp³-hybridized carbons (Fsp3) is 0.526. The number of hydrogen-bond donors (Lipinski definition) is 2. The second-order valence-electron chi connectivity index (χ2n) is 6.70. The maximum atomic E-state index is 7.66. The highest BCUT2D eigenvalue weighted by molar-refractivity contribution is 5.75. The fourth-order valence-corrected chi connectivity index (χ4v) is 3.38. The number of nitrogens with two attached hydrogens (primary N) is 1. The predicted molar refractivity (Wildman–Crippen MR) is 98.2 cm³/mol. The summed E-state index contributed by atoms with van der Waals surface area (Å²) in [6.07, 6.45) is 8.09. The molecule has 1 saturated heterocycles. The van der Waals surface area contributed by atoms with Crippen LogP contribution in [0.1, 0.15) is 62.9 Å². The molecular weight excluding hydrogens is 314 g/mol. The molecule has 25 heavy (non-hydrogen) atoms. The Hall–Kier alpha value is -2.37. The third-order valence-electron chi connectivity index (χ3n) is 4.82. The molecule has 6 nitrogen and oxygen atoms in total. The molecule has 6 heteroatoms. The largest absolute Gasteiger partial charge is 0.370 e. The van der Waals surface area contributed by atoms with Gasteiger partial charge in [0.2, 0.25) is 11.7 Å². The summed E-state index contributed by atoms with van der Waals surface area (Å²) < 4.78 is 5.45. The SMILES string of the molecule is CCCCCCc1ccc(-c2noc([C@@H]3CCCN3C(=N)N)n2)cc1. The Labute approximate surface area is 148 Å². The monoisotopic (exact) mass is 341 g/mol. The molecule has 0 spiro atoms. The van der Waals surface area contributed by atoms with E-state index in [1.54, 1.807) is 0 Å². The van der Waals surface area contributed by atoms with Crippen LogP contribution in [0, 0.1) is 5.41 Å². The molecule has 3 N–H and O–H groups in total. The van der Waals surface area contributed by atoms with Gasteiger partial charge in [0.1, 0.15) is 6.04 Å². The molecule has 0 unspecified atom stereocenters. The number of hydrogen-bond acceptors (Lipinski definition) is 4. The number of aromatic nitrogens is 2. The molecule has 1 aliphatic heterocycles. The number of likely N-dealkylation sites (tertiary alicyclic amines) is 1. The molecule has 1 aliphatic rings. The van der Waals surface area contributed by atoms with Gasteiger partial charge in [0.25, 0.3) is 0 Å². The second kappa shape index (κ2) is 8.14. The van der Waals surface area contributed by atoms with Crippen molar-refractivity contribution in [2.45, 2.75) is 57.9 Å². The van der Waals surface area contributed by atoms with Gasteiger partial charge in [0.05, 0.1) is 0 Å². The van der Waals surface area contributed by atoms with Crippen LogP contribution in [0.4, 0.5) is 0 Å². The van der Waals surface area contributed by atoms with E-state index in [9.17, 15) is 0 Å². The molecule has 1 atom stereocenters. The number of unbranched alkanes of at least 4 members (excludes halogenated alkanes) is 3. The van der Waals surface area contributed by atoms with Crippen molar-refractivity contribution in [2.75, 3.05) is 6.54 Å². The zero-order valence-corrected chi connectivity index (χ0v) is 14.9. The molecule has 2 aromatic rings. The van der Waals surface area contributed by atoms with Gasteiger partial charge in [-0.25, -0.2) is 0 Å². The first-order valence-electron chi connectivity index (χ1n) is 9.22. The van der Waals surface area contributed by atoms with E-state index < -0.39 is 0 Å². The van der Waals surface area contributed by atoms with E-state index in [0.29, 0.717) is 11.7 Å². The van der Waals surface area contributed by atoms with Crippen LogP contribution in [0.25, 0.3) is 11.4 Å².